The number of hydrogen-bond donors (Lipinski definition) is 0. The molecule has 0 fully saturated rings. The normalized spacial score (nSPS) is 11.4. The molecule has 0 aliphatic heterocycles. The van der Waals surface area contributed by atoms with Crippen molar-refractivity contribution >= 4 is 12.4 Å². The van der Waals surface area contributed by atoms with Crippen molar-refractivity contribution in [1.29, 1.82) is 0 Å². The van der Waals surface area contributed by atoms with Crippen molar-refractivity contribution in [3.63, 3.8) is 0 Å². The van der Waals surface area contributed by atoms with Gasteiger partial charge in [-0.15, -0.1) is 5.10 Å². The van der Waals surface area contributed by atoms with E-state index in [4.69, 9.17) is 4.74 Å². The summed E-state index contributed by atoms with van der Waals surface area (Å²) >= 11 is 0. The zero-order valence-corrected chi connectivity index (χ0v) is 8.81. The molecule has 0 aromatic heterocycles. The number of amides is 1. The molecule has 0 aromatic carbocycles. The quantitative estimate of drug-likeness (QED) is 0.277. The van der Waals surface area contributed by atoms with Crippen LogP contribution in [0.2, 0.25) is 0 Å². The molecule has 0 aliphatic rings. The molecule has 0 N–H and O–H groups in total. The van der Waals surface area contributed by atoms with E-state index in [0.29, 0.717) is 12.4 Å². The average Bonchev–Trinajstić information content (AvgIpc) is 2.12. The van der Waals surface area contributed by atoms with Crippen LogP contribution in [0.25, 0.3) is 0 Å². The number of rotatable bonds is 3. The van der Waals surface area contributed by atoms with Crippen LogP contribution in [0, 0.1) is 0 Å². The highest BCUT2D eigenvalue weighted by Gasteiger charge is 2.10. The number of carbonyl (C=O) groups is 1. The molecule has 5 heteroatoms. The number of hydrazone groups is 1. The molecule has 0 bridgehead atoms. The Bertz CT molecular complexity index is 192. The van der Waals surface area contributed by atoms with Gasteiger partial charge in [0, 0.05) is 20.1 Å². The van der Waals surface area contributed by atoms with Crippen molar-refractivity contribution < 1.29 is 9.53 Å². The number of amidine groups is 1. The molecule has 0 spiro atoms. The molecule has 76 valence electrons. The smallest absolute Gasteiger partial charge is 0.309 e. The summed E-state index contributed by atoms with van der Waals surface area (Å²) in [5.74, 6) is 0. The molecule has 0 saturated carbocycles. The lowest BCUT2D eigenvalue weighted by molar-refractivity contribution is -0.117. The van der Waals surface area contributed by atoms with E-state index in [9.17, 15) is 4.79 Å². The number of hydrogen-bond acceptors (Lipinski definition) is 3. The van der Waals surface area contributed by atoms with Crippen LogP contribution in [-0.4, -0.2) is 49.6 Å². The second kappa shape index (κ2) is 5.40. The average molecular weight is 187 g/mol. The van der Waals surface area contributed by atoms with Crippen LogP contribution in [0.5, 0.6) is 0 Å². The first-order valence-electron chi connectivity index (χ1n) is 4.06. The largest absolute Gasteiger partial charge is 0.467 e. The minimum Gasteiger partial charge on any atom is -0.467 e. The summed E-state index contributed by atoms with van der Waals surface area (Å²) in [5.41, 5.74) is 0. The lowest BCUT2D eigenvalue weighted by Gasteiger charge is -2.23. The van der Waals surface area contributed by atoms with Crippen LogP contribution in [0.3, 0.4) is 0 Å². The van der Waals surface area contributed by atoms with Crippen molar-refractivity contribution in [3.05, 3.63) is 0 Å². The zero-order valence-electron chi connectivity index (χ0n) is 8.81. The summed E-state index contributed by atoms with van der Waals surface area (Å²) in [4.78, 5) is 12.1. The second-order valence-electron chi connectivity index (χ2n) is 2.97. The molecule has 0 heterocycles. The maximum atomic E-state index is 10.3. The van der Waals surface area contributed by atoms with Gasteiger partial charge in [-0.25, -0.2) is 5.01 Å². The van der Waals surface area contributed by atoms with E-state index in [-0.39, 0.29) is 6.04 Å². The van der Waals surface area contributed by atoms with Crippen LogP contribution in [0.15, 0.2) is 5.10 Å². The van der Waals surface area contributed by atoms with Gasteiger partial charge >= 0.3 is 6.02 Å². The fourth-order valence-electron chi connectivity index (χ4n) is 0.635. The van der Waals surface area contributed by atoms with E-state index < -0.39 is 0 Å². The number of carbonyl (C=O) groups excluding carboxylic acids is 1. The Hall–Kier alpha value is -1.26. The topological polar surface area (TPSA) is 45.1 Å². The van der Waals surface area contributed by atoms with Crippen LogP contribution in [0.4, 0.5) is 0 Å². The van der Waals surface area contributed by atoms with Crippen molar-refractivity contribution in [2.24, 2.45) is 5.10 Å². The van der Waals surface area contributed by atoms with Gasteiger partial charge in [-0.3, -0.25) is 4.79 Å². The monoisotopic (exact) mass is 187 g/mol. The van der Waals surface area contributed by atoms with Crippen molar-refractivity contribution in [3.8, 4) is 0 Å². The van der Waals surface area contributed by atoms with Gasteiger partial charge in [0.1, 0.15) is 0 Å². The molecular weight excluding hydrogens is 170 g/mol. The summed E-state index contributed by atoms with van der Waals surface area (Å²) in [7, 11) is 4.93. The number of ether oxygens (including phenoxy) is 1. The Morgan fingerprint density at radius 2 is 2.00 bits per heavy atom. The summed E-state index contributed by atoms with van der Waals surface area (Å²) in [5, 5.41) is 5.08. The zero-order chi connectivity index (χ0) is 10.4. The van der Waals surface area contributed by atoms with E-state index in [0.717, 1.165) is 5.01 Å². The molecule has 0 unspecified atom stereocenters. The Kier molecular flexibility index (Phi) is 4.87. The van der Waals surface area contributed by atoms with Gasteiger partial charge in [0.25, 0.3) is 0 Å². The minimum atomic E-state index is 0.277. The maximum absolute atomic E-state index is 10.3. The van der Waals surface area contributed by atoms with E-state index in [1.807, 2.05) is 25.8 Å². The van der Waals surface area contributed by atoms with Crippen molar-refractivity contribution in [2.45, 2.75) is 19.9 Å². The molecular formula is C8H17N3O2. The summed E-state index contributed by atoms with van der Waals surface area (Å²) in [6, 6.07) is 0.698. The molecule has 0 aromatic rings. The number of methoxy groups -OCH3 is 1. The molecule has 0 radical (unpaired) electrons. The third kappa shape index (κ3) is 3.78. The Morgan fingerprint density at radius 3 is 2.31 bits per heavy atom. The van der Waals surface area contributed by atoms with Crippen molar-refractivity contribution in [2.75, 3.05) is 21.2 Å². The van der Waals surface area contributed by atoms with Gasteiger partial charge in [-0.2, -0.15) is 0 Å². The molecule has 0 aliphatic carbocycles. The summed E-state index contributed by atoms with van der Waals surface area (Å²) in [6.07, 6.45) is 0.618. The summed E-state index contributed by atoms with van der Waals surface area (Å²) in [6.45, 7) is 4.02. The first kappa shape index (κ1) is 11.7. The van der Waals surface area contributed by atoms with Crippen molar-refractivity contribution in [1.82, 2.24) is 9.91 Å². The predicted octanol–water partition coefficient (Wildman–Crippen LogP) is 0.332. The molecule has 0 atom stereocenters. The molecule has 0 saturated heterocycles. The van der Waals surface area contributed by atoms with Gasteiger partial charge < -0.3 is 9.64 Å². The van der Waals surface area contributed by atoms with E-state index >= 15 is 0 Å². The second-order valence-corrected chi connectivity index (χ2v) is 2.97. The third-order valence-corrected chi connectivity index (χ3v) is 1.65. The first-order valence-corrected chi connectivity index (χ1v) is 4.06. The molecule has 13 heavy (non-hydrogen) atoms. The van der Waals surface area contributed by atoms with E-state index in [2.05, 4.69) is 5.10 Å². The van der Waals surface area contributed by atoms with E-state index in [1.165, 1.54) is 7.11 Å². The Balaban J connectivity index is 4.48. The summed E-state index contributed by atoms with van der Waals surface area (Å²) < 4.78 is 5.02. The van der Waals surface area contributed by atoms with E-state index in [1.54, 1.807) is 7.05 Å². The highest BCUT2D eigenvalue weighted by molar-refractivity contribution is 5.74. The standard InChI is InChI=1S/C8H17N3O2/c1-7(2)11(4)8(13-5)9-10(3)6-12/h6-7H,1-5H3/b9-8+. The van der Waals surface area contributed by atoms with Gasteiger partial charge in [-0.1, -0.05) is 0 Å². The van der Waals surface area contributed by atoms with Gasteiger partial charge in [-0.05, 0) is 13.8 Å². The SMILES string of the molecule is CO/C(=N/N(C)C=O)N(C)C(C)C. The third-order valence-electron chi connectivity index (χ3n) is 1.65. The van der Waals surface area contributed by atoms with Gasteiger partial charge in [0.2, 0.25) is 6.41 Å². The van der Waals surface area contributed by atoms with Gasteiger partial charge in [0.15, 0.2) is 0 Å². The van der Waals surface area contributed by atoms with Crippen LogP contribution in [0.1, 0.15) is 13.8 Å². The predicted molar refractivity (Wildman–Crippen MR) is 51.2 cm³/mol. The molecule has 1 amide bonds. The van der Waals surface area contributed by atoms with Crippen LogP contribution >= 0.6 is 0 Å². The lowest BCUT2D eigenvalue weighted by Crippen LogP contribution is -2.35. The van der Waals surface area contributed by atoms with Crippen LogP contribution < -0.4 is 0 Å². The highest BCUT2D eigenvalue weighted by atomic mass is 16.5. The molecule has 0 rings (SSSR count). The fraction of sp³-hybridized carbons (Fsp3) is 0.750. The lowest BCUT2D eigenvalue weighted by atomic mass is 10.4. The highest BCUT2D eigenvalue weighted by Crippen LogP contribution is 1.97. The fourth-order valence-corrected chi connectivity index (χ4v) is 0.635. The Labute approximate surface area is 79.0 Å². The van der Waals surface area contributed by atoms with Gasteiger partial charge in [0.05, 0.1) is 7.11 Å². The van der Waals surface area contributed by atoms with Crippen LogP contribution in [-0.2, 0) is 9.53 Å². The molecule has 5 nitrogen and oxygen atoms in total. The number of nitrogens with zero attached hydrogens (tertiary/aromatic N) is 3. The minimum absolute atomic E-state index is 0.277. The first-order chi connectivity index (χ1) is 6.02. The maximum Gasteiger partial charge on any atom is 0.309 e. The Morgan fingerprint density at radius 1 is 1.46 bits per heavy atom.